The van der Waals surface area contributed by atoms with Gasteiger partial charge in [0.25, 0.3) is 5.91 Å². The zero-order chi connectivity index (χ0) is 31.2. The summed E-state index contributed by atoms with van der Waals surface area (Å²) in [6.07, 6.45) is 5.29. The van der Waals surface area contributed by atoms with Crippen molar-refractivity contribution < 1.29 is 23.1 Å². The lowest BCUT2D eigenvalue weighted by atomic mass is 10.0. The van der Waals surface area contributed by atoms with E-state index in [2.05, 4.69) is 20.9 Å². The number of para-hydroxylation sites is 1. The largest absolute Gasteiger partial charge is 0.456 e. The zero-order valence-corrected chi connectivity index (χ0v) is 25.5. The number of carbonyl (C=O) groups excluding carboxylic acids is 1. The predicted octanol–water partition coefficient (Wildman–Crippen LogP) is 5.14. The Hall–Kier alpha value is -4.45. The summed E-state index contributed by atoms with van der Waals surface area (Å²) >= 11 is 0. The highest BCUT2D eigenvalue weighted by atomic mass is 19.1. The van der Waals surface area contributed by atoms with Crippen LogP contribution in [0.4, 0.5) is 10.1 Å². The third-order valence-electron chi connectivity index (χ3n) is 9.37. The Bertz CT molecular complexity index is 2030. The molecule has 11 heteroatoms. The van der Waals surface area contributed by atoms with E-state index < -0.39 is 17.2 Å². The summed E-state index contributed by atoms with van der Waals surface area (Å²) in [7, 11) is 0. The van der Waals surface area contributed by atoms with Gasteiger partial charge in [-0.2, -0.15) is 0 Å². The number of halogens is 1. The molecule has 5 heterocycles. The molecule has 0 bridgehead atoms. The van der Waals surface area contributed by atoms with Gasteiger partial charge in [0.05, 0.1) is 24.3 Å². The van der Waals surface area contributed by atoms with Gasteiger partial charge in [0, 0.05) is 55.3 Å². The minimum absolute atomic E-state index is 0.0546. The summed E-state index contributed by atoms with van der Waals surface area (Å²) in [6.45, 7) is 5.98. The number of benzene rings is 3. The molecule has 3 N–H and O–H groups in total. The Morgan fingerprint density at radius 1 is 1.04 bits per heavy atom. The van der Waals surface area contributed by atoms with Crippen LogP contribution < -0.4 is 26.1 Å². The summed E-state index contributed by atoms with van der Waals surface area (Å²) in [5, 5.41) is 11.4. The molecule has 0 saturated carbocycles. The Balaban J connectivity index is 1.20. The number of aromatic nitrogens is 1. The number of ether oxygens (including phenoxy) is 2. The van der Waals surface area contributed by atoms with Crippen LogP contribution in [0, 0.1) is 5.82 Å². The second kappa shape index (κ2) is 12.1. The standard InChI is InChI=1S/C35H36FN5O5/c36-26-17-24-32-34(31(26)38-10-4-12-40-13-15-44-16-14-40)46-30-18-23-22-6-1-2-7-28(22)45-29(23)19-27(30)41(32)20-25(33(24)42)35(43)39-11-8-21-5-3-9-37-21/h1-2,6-7,17-21,37-38H,3-5,8-16H2,(H,39,43). The van der Waals surface area contributed by atoms with Gasteiger partial charge in [-0.1, -0.05) is 18.2 Å². The van der Waals surface area contributed by atoms with Crippen LogP contribution in [0.25, 0.3) is 38.5 Å². The third kappa shape index (κ3) is 5.18. The van der Waals surface area contributed by atoms with Gasteiger partial charge in [-0.25, -0.2) is 4.39 Å². The smallest absolute Gasteiger partial charge is 0.256 e. The van der Waals surface area contributed by atoms with Gasteiger partial charge in [0.1, 0.15) is 27.9 Å². The van der Waals surface area contributed by atoms with E-state index in [1.165, 1.54) is 6.07 Å². The number of fused-ring (bicyclic) bond motifs is 5. The summed E-state index contributed by atoms with van der Waals surface area (Å²) in [5.74, 6) is -0.408. The van der Waals surface area contributed by atoms with E-state index in [0.29, 0.717) is 41.7 Å². The van der Waals surface area contributed by atoms with E-state index >= 15 is 4.39 Å². The molecule has 0 spiro atoms. The molecular formula is C35H36FN5O5. The van der Waals surface area contributed by atoms with Crippen molar-refractivity contribution in [3.63, 3.8) is 0 Å². The van der Waals surface area contributed by atoms with Gasteiger partial charge in [0.15, 0.2) is 17.3 Å². The number of hydrogen-bond donors (Lipinski definition) is 3. The fourth-order valence-electron chi connectivity index (χ4n) is 6.96. The number of pyridine rings is 1. The number of amides is 1. The number of rotatable bonds is 9. The summed E-state index contributed by atoms with van der Waals surface area (Å²) in [5.41, 5.74) is 1.95. The van der Waals surface area contributed by atoms with Crippen molar-refractivity contribution in [3.8, 4) is 17.2 Å². The van der Waals surface area contributed by atoms with Gasteiger partial charge < -0.3 is 34.4 Å². The summed E-state index contributed by atoms with van der Waals surface area (Å²) < 4.78 is 35.8. The van der Waals surface area contributed by atoms with Crippen molar-refractivity contribution in [2.45, 2.75) is 31.7 Å². The van der Waals surface area contributed by atoms with Crippen LogP contribution in [-0.2, 0) is 4.74 Å². The summed E-state index contributed by atoms with van der Waals surface area (Å²) in [4.78, 5) is 29.6. The average molecular weight is 626 g/mol. The number of nitrogens with one attached hydrogen (secondary N) is 3. The number of furan rings is 1. The molecule has 1 atom stereocenters. The quantitative estimate of drug-likeness (QED) is 0.190. The monoisotopic (exact) mass is 625 g/mol. The molecule has 8 rings (SSSR count). The van der Waals surface area contributed by atoms with Crippen LogP contribution in [0.15, 0.2) is 57.9 Å². The minimum atomic E-state index is -0.610. The molecule has 3 aromatic carbocycles. The first-order valence-electron chi connectivity index (χ1n) is 16.2. The Morgan fingerprint density at radius 3 is 2.76 bits per heavy atom. The van der Waals surface area contributed by atoms with Crippen LogP contribution in [0.2, 0.25) is 0 Å². The van der Waals surface area contributed by atoms with E-state index in [0.717, 1.165) is 81.4 Å². The van der Waals surface area contributed by atoms with Gasteiger partial charge in [0.2, 0.25) is 5.43 Å². The zero-order valence-electron chi connectivity index (χ0n) is 25.5. The average Bonchev–Trinajstić information content (AvgIpc) is 3.72. The topological polar surface area (TPSA) is 110 Å². The van der Waals surface area contributed by atoms with Crippen molar-refractivity contribution in [3.05, 3.63) is 70.3 Å². The second-order valence-corrected chi connectivity index (χ2v) is 12.3. The predicted molar refractivity (Wildman–Crippen MR) is 175 cm³/mol. The first-order valence-corrected chi connectivity index (χ1v) is 16.2. The lowest BCUT2D eigenvalue weighted by molar-refractivity contribution is 0.0378. The molecule has 3 aliphatic heterocycles. The van der Waals surface area contributed by atoms with E-state index in [9.17, 15) is 9.59 Å². The van der Waals surface area contributed by atoms with Crippen LogP contribution in [0.3, 0.4) is 0 Å². The molecular weight excluding hydrogens is 589 g/mol. The molecule has 0 aliphatic carbocycles. The molecule has 1 amide bonds. The van der Waals surface area contributed by atoms with Gasteiger partial charge >= 0.3 is 0 Å². The first-order chi connectivity index (χ1) is 22.5. The normalized spacial score (nSPS) is 17.8. The van der Waals surface area contributed by atoms with Crippen LogP contribution in [-0.4, -0.2) is 73.9 Å². The molecule has 2 fully saturated rings. The van der Waals surface area contributed by atoms with Gasteiger partial charge in [-0.15, -0.1) is 0 Å². The van der Waals surface area contributed by atoms with E-state index in [1.54, 1.807) is 10.8 Å². The number of carbonyl (C=O) groups is 1. The van der Waals surface area contributed by atoms with Crippen molar-refractivity contribution in [2.24, 2.45) is 0 Å². The van der Waals surface area contributed by atoms with Gasteiger partial charge in [-0.05, 0) is 57.0 Å². The molecule has 2 saturated heterocycles. The first kappa shape index (κ1) is 29.0. The maximum atomic E-state index is 15.9. The van der Waals surface area contributed by atoms with Crippen molar-refractivity contribution >= 4 is 44.4 Å². The number of anilines is 1. The molecule has 0 radical (unpaired) electrons. The number of hydrogen-bond acceptors (Lipinski definition) is 8. The minimum Gasteiger partial charge on any atom is -0.456 e. The fraction of sp³-hybridized carbons (Fsp3) is 0.371. The number of morpholine rings is 1. The highest BCUT2D eigenvalue weighted by molar-refractivity contribution is 6.07. The molecule has 5 aromatic rings. The molecule has 238 valence electrons. The fourth-order valence-corrected chi connectivity index (χ4v) is 6.96. The maximum absolute atomic E-state index is 15.9. The van der Waals surface area contributed by atoms with Crippen LogP contribution in [0.1, 0.15) is 36.0 Å². The van der Waals surface area contributed by atoms with Crippen molar-refractivity contribution in [1.82, 2.24) is 20.1 Å². The lowest BCUT2D eigenvalue weighted by Crippen LogP contribution is -2.37. The highest BCUT2D eigenvalue weighted by Gasteiger charge is 2.30. The maximum Gasteiger partial charge on any atom is 0.256 e. The highest BCUT2D eigenvalue weighted by Crippen LogP contribution is 2.47. The Kier molecular flexibility index (Phi) is 7.59. The van der Waals surface area contributed by atoms with E-state index in [4.69, 9.17) is 13.9 Å². The lowest BCUT2D eigenvalue weighted by Gasteiger charge is -2.27. The Labute approximate surface area is 264 Å². The molecule has 3 aliphatic rings. The van der Waals surface area contributed by atoms with Gasteiger partial charge in [-0.3, -0.25) is 14.5 Å². The second-order valence-electron chi connectivity index (χ2n) is 12.3. The van der Waals surface area contributed by atoms with E-state index in [-0.39, 0.29) is 22.4 Å². The van der Waals surface area contributed by atoms with E-state index in [1.807, 2.05) is 36.4 Å². The van der Waals surface area contributed by atoms with Crippen molar-refractivity contribution in [2.75, 3.05) is 57.8 Å². The van der Waals surface area contributed by atoms with Crippen LogP contribution >= 0.6 is 0 Å². The Morgan fingerprint density at radius 2 is 1.91 bits per heavy atom. The molecule has 10 nitrogen and oxygen atoms in total. The molecule has 2 aromatic heterocycles. The number of nitrogens with zero attached hydrogens (tertiary/aromatic N) is 2. The third-order valence-corrected chi connectivity index (χ3v) is 9.37. The summed E-state index contributed by atoms with van der Waals surface area (Å²) in [6, 6.07) is 13.0. The van der Waals surface area contributed by atoms with Crippen LogP contribution in [0.5, 0.6) is 11.5 Å². The van der Waals surface area contributed by atoms with Crippen molar-refractivity contribution in [1.29, 1.82) is 0 Å². The molecule has 46 heavy (non-hydrogen) atoms. The molecule has 1 unspecified atom stereocenters. The SMILES string of the molecule is O=C(NCCC1CCCN1)c1cn2c3c(c(NCCCN4CCOCC4)c(F)cc3c1=O)Oc1cc3c(cc1-2)oc1ccccc13.